The van der Waals surface area contributed by atoms with Gasteiger partial charge in [-0.05, 0) is 68.4 Å². The van der Waals surface area contributed by atoms with Gasteiger partial charge in [-0.1, -0.05) is 0 Å². The second kappa shape index (κ2) is 10.6. The normalized spacial score (nSPS) is 13.5. The molecule has 1 fully saturated rings. The Hall–Kier alpha value is -5.29. The minimum atomic E-state index is -0.199. The van der Waals surface area contributed by atoms with E-state index in [1.165, 1.54) is 5.69 Å². The highest BCUT2D eigenvalue weighted by atomic mass is 16.1. The first-order valence-corrected chi connectivity index (χ1v) is 13.9. The maximum Gasteiger partial charge on any atom is 0.265 e. The Kier molecular flexibility index (Phi) is 6.48. The largest absolute Gasteiger partial charge is 0.369 e. The van der Waals surface area contributed by atoms with Gasteiger partial charge in [0.15, 0.2) is 5.65 Å². The molecule has 11 nitrogen and oxygen atoms in total. The third-order valence-corrected chi connectivity index (χ3v) is 7.64. The van der Waals surface area contributed by atoms with E-state index < -0.39 is 0 Å². The number of aromatic nitrogens is 7. The number of piperazine rings is 1. The van der Waals surface area contributed by atoms with Gasteiger partial charge in [0.05, 0.1) is 16.9 Å². The molecular weight excluding hydrogens is 528 g/mol. The summed E-state index contributed by atoms with van der Waals surface area (Å²) in [5.41, 5.74) is 6.15. The maximum atomic E-state index is 14.2. The number of nitrogens with one attached hydrogen (secondary N) is 3. The number of aryl methyl sites for hydroxylation is 1. The summed E-state index contributed by atoms with van der Waals surface area (Å²) >= 11 is 0. The van der Waals surface area contributed by atoms with E-state index in [9.17, 15) is 4.79 Å². The summed E-state index contributed by atoms with van der Waals surface area (Å²) < 4.78 is 3.44. The van der Waals surface area contributed by atoms with Crippen molar-refractivity contribution in [2.45, 2.75) is 13.8 Å². The van der Waals surface area contributed by atoms with E-state index >= 15 is 0 Å². The number of benzene rings is 1. The highest BCUT2D eigenvalue weighted by Crippen LogP contribution is 2.29. The van der Waals surface area contributed by atoms with Gasteiger partial charge in [-0.15, -0.1) is 0 Å². The standard InChI is InChI=1S/C31H30N10O/c1-20-28(21(2)41(38-20)25-9-12-32-13-10-25)26-18-22-19-35-31(37-29(22)40(30(26)42)27-4-3-11-34-27)36-23-5-7-24(8-6-23)39-16-14-33-15-17-39/h3-13,18-19,33-34H,14-17H2,1-2H3,(H,35,36,37). The summed E-state index contributed by atoms with van der Waals surface area (Å²) in [5.74, 6) is 1.02. The van der Waals surface area contributed by atoms with Crippen molar-refractivity contribution in [2.75, 3.05) is 36.4 Å². The molecule has 0 saturated carbocycles. The Balaban J connectivity index is 1.30. The molecule has 7 rings (SSSR count). The highest BCUT2D eigenvalue weighted by Gasteiger charge is 2.22. The van der Waals surface area contributed by atoms with Crippen LogP contribution in [0.1, 0.15) is 11.4 Å². The van der Waals surface area contributed by atoms with E-state index in [0.29, 0.717) is 23.0 Å². The topological polar surface area (TPSA) is 122 Å². The molecule has 0 spiro atoms. The fourth-order valence-electron chi connectivity index (χ4n) is 5.60. The van der Waals surface area contributed by atoms with Gasteiger partial charge in [0.2, 0.25) is 5.95 Å². The van der Waals surface area contributed by atoms with Crippen molar-refractivity contribution in [1.29, 1.82) is 0 Å². The summed E-state index contributed by atoms with van der Waals surface area (Å²) in [6.45, 7) is 7.84. The fourth-order valence-corrected chi connectivity index (χ4v) is 5.60. The van der Waals surface area contributed by atoms with Crippen LogP contribution in [-0.2, 0) is 0 Å². The van der Waals surface area contributed by atoms with Crippen LogP contribution in [0.25, 0.3) is 33.7 Å². The Morgan fingerprint density at radius 2 is 1.74 bits per heavy atom. The predicted molar refractivity (Wildman–Crippen MR) is 164 cm³/mol. The van der Waals surface area contributed by atoms with Crippen LogP contribution in [0.5, 0.6) is 0 Å². The lowest BCUT2D eigenvalue weighted by molar-refractivity contribution is 0.589. The zero-order valence-corrected chi connectivity index (χ0v) is 23.4. The first kappa shape index (κ1) is 25.7. The Morgan fingerprint density at radius 1 is 0.952 bits per heavy atom. The van der Waals surface area contributed by atoms with Crippen LogP contribution in [-0.4, -0.2) is 60.5 Å². The Bertz CT molecular complexity index is 1920. The molecule has 1 aliphatic rings. The van der Waals surface area contributed by atoms with Crippen molar-refractivity contribution in [1.82, 2.24) is 39.6 Å². The molecule has 11 heteroatoms. The summed E-state index contributed by atoms with van der Waals surface area (Å²) in [4.78, 5) is 33.3. The second-order valence-corrected chi connectivity index (χ2v) is 10.3. The molecule has 5 aromatic heterocycles. The van der Waals surface area contributed by atoms with Crippen molar-refractivity contribution >= 4 is 28.4 Å². The first-order chi connectivity index (χ1) is 20.6. The molecular formula is C31H30N10O. The molecule has 0 radical (unpaired) electrons. The zero-order chi connectivity index (χ0) is 28.6. The minimum Gasteiger partial charge on any atom is -0.369 e. The average molecular weight is 559 g/mol. The highest BCUT2D eigenvalue weighted by molar-refractivity contribution is 5.84. The number of aromatic amines is 1. The van der Waals surface area contributed by atoms with E-state index in [1.807, 2.05) is 61.0 Å². The number of fused-ring (bicyclic) bond motifs is 1. The third-order valence-electron chi connectivity index (χ3n) is 7.64. The van der Waals surface area contributed by atoms with Crippen molar-refractivity contribution in [3.63, 3.8) is 0 Å². The van der Waals surface area contributed by atoms with Crippen molar-refractivity contribution in [3.8, 4) is 22.6 Å². The number of H-pyrrole nitrogens is 1. The summed E-state index contributed by atoms with van der Waals surface area (Å²) in [6.07, 6.45) is 6.99. The van der Waals surface area contributed by atoms with Gasteiger partial charge in [-0.25, -0.2) is 14.2 Å². The molecule has 1 aliphatic heterocycles. The fraction of sp³-hybridized carbons (Fsp3) is 0.194. The summed E-state index contributed by atoms with van der Waals surface area (Å²) in [5, 5.41) is 12.2. The Labute approximate surface area is 241 Å². The van der Waals surface area contributed by atoms with Crippen molar-refractivity contribution < 1.29 is 0 Å². The minimum absolute atomic E-state index is 0.199. The maximum absolute atomic E-state index is 14.2. The van der Waals surface area contributed by atoms with E-state index in [4.69, 9.17) is 10.1 Å². The van der Waals surface area contributed by atoms with Crippen molar-refractivity contribution in [3.05, 3.63) is 101 Å². The van der Waals surface area contributed by atoms with Gasteiger partial charge in [0, 0.05) is 79.0 Å². The molecule has 1 aromatic carbocycles. The molecule has 3 N–H and O–H groups in total. The van der Waals surface area contributed by atoms with Crippen LogP contribution in [0, 0.1) is 13.8 Å². The molecule has 6 heterocycles. The monoisotopic (exact) mass is 558 g/mol. The van der Waals surface area contributed by atoms with Crippen molar-refractivity contribution in [2.24, 2.45) is 0 Å². The Morgan fingerprint density at radius 3 is 2.48 bits per heavy atom. The molecule has 0 bridgehead atoms. The van der Waals surface area contributed by atoms with Crippen LogP contribution in [0.3, 0.4) is 0 Å². The van der Waals surface area contributed by atoms with E-state index in [0.717, 1.165) is 59.9 Å². The van der Waals surface area contributed by atoms with Gasteiger partial charge in [-0.3, -0.25) is 9.78 Å². The lowest BCUT2D eigenvalue weighted by Crippen LogP contribution is -2.43. The van der Waals surface area contributed by atoms with Gasteiger partial charge < -0.3 is 20.5 Å². The molecule has 6 aromatic rings. The van der Waals surface area contributed by atoms with Crippen LogP contribution in [0.4, 0.5) is 17.3 Å². The smallest absolute Gasteiger partial charge is 0.265 e. The number of hydrogen-bond acceptors (Lipinski definition) is 8. The quantitative estimate of drug-likeness (QED) is 0.279. The molecule has 0 atom stereocenters. The molecule has 42 heavy (non-hydrogen) atoms. The molecule has 1 saturated heterocycles. The molecule has 0 aliphatic carbocycles. The SMILES string of the molecule is Cc1nn(-c2ccncc2)c(C)c1-c1cc2cnc(Nc3ccc(N4CCNCC4)cc3)nc2n(-c2ccc[nH]2)c1=O. The van der Waals surface area contributed by atoms with Gasteiger partial charge >= 0.3 is 0 Å². The summed E-state index contributed by atoms with van der Waals surface area (Å²) in [7, 11) is 0. The van der Waals surface area contributed by atoms with E-state index in [2.05, 4.69) is 42.6 Å². The number of anilines is 3. The van der Waals surface area contributed by atoms with Gasteiger partial charge in [0.1, 0.15) is 5.82 Å². The van der Waals surface area contributed by atoms with Crippen LogP contribution in [0.15, 0.2) is 84.2 Å². The van der Waals surface area contributed by atoms with Crippen LogP contribution < -0.4 is 21.1 Å². The van der Waals surface area contributed by atoms with Gasteiger partial charge in [-0.2, -0.15) is 10.1 Å². The number of rotatable bonds is 6. The van der Waals surface area contributed by atoms with Crippen LogP contribution >= 0.6 is 0 Å². The van der Waals surface area contributed by atoms with E-state index in [-0.39, 0.29) is 5.56 Å². The first-order valence-electron chi connectivity index (χ1n) is 13.9. The van der Waals surface area contributed by atoms with Crippen LogP contribution in [0.2, 0.25) is 0 Å². The summed E-state index contributed by atoms with van der Waals surface area (Å²) in [6, 6.07) is 17.6. The number of nitrogens with zero attached hydrogens (tertiary/aromatic N) is 7. The average Bonchev–Trinajstić information content (AvgIpc) is 3.66. The predicted octanol–water partition coefficient (Wildman–Crippen LogP) is 4.13. The third kappa shape index (κ3) is 4.59. The lowest BCUT2D eigenvalue weighted by atomic mass is 10.0. The van der Waals surface area contributed by atoms with Gasteiger partial charge in [0.25, 0.3) is 5.56 Å². The molecule has 0 amide bonds. The number of hydrogen-bond donors (Lipinski definition) is 3. The molecule has 210 valence electrons. The zero-order valence-electron chi connectivity index (χ0n) is 23.4. The lowest BCUT2D eigenvalue weighted by Gasteiger charge is -2.29. The van der Waals surface area contributed by atoms with E-state index in [1.54, 1.807) is 29.4 Å². The number of pyridine rings is 2. The second-order valence-electron chi connectivity index (χ2n) is 10.3. The molecule has 0 unspecified atom stereocenters.